The molecule has 1 aromatic rings. The molecule has 1 unspecified atom stereocenters. The van der Waals surface area contributed by atoms with Crippen molar-refractivity contribution in [3.05, 3.63) is 23.8 Å². The van der Waals surface area contributed by atoms with Crippen LogP contribution >= 0.6 is 0 Å². The largest absolute Gasteiger partial charge is 0.497 e. The van der Waals surface area contributed by atoms with E-state index in [0.717, 1.165) is 25.9 Å². The molecule has 1 heterocycles. The maximum atomic E-state index is 12.0. The fraction of sp³-hybridized carbons (Fsp3) is 0.500. The number of nitrogen functional groups attached to an aromatic ring is 1. The molecule has 3 N–H and O–H groups in total. The van der Waals surface area contributed by atoms with Gasteiger partial charge in [0.15, 0.2) is 0 Å². The average Bonchev–Trinajstić information content (AvgIpc) is 2.45. The van der Waals surface area contributed by atoms with Gasteiger partial charge in [-0.2, -0.15) is 0 Å². The van der Waals surface area contributed by atoms with E-state index in [1.165, 1.54) is 0 Å². The van der Waals surface area contributed by atoms with E-state index in [1.54, 1.807) is 25.3 Å². The minimum absolute atomic E-state index is 0.126. The second-order valence-electron chi connectivity index (χ2n) is 4.69. The Labute approximate surface area is 113 Å². The van der Waals surface area contributed by atoms with Gasteiger partial charge in [0.25, 0.3) is 5.91 Å². The third-order valence-corrected chi connectivity index (χ3v) is 3.19. The molecule has 1 fully saturated rings. The smallest absolute Gasteiger partial charge is 0.251 e. The minimum Gasteiger partial charge on any atom is -0.497 e. The van der Waals surface area contributed by atoms with Crippen LogP contribution in [0, 0.1) is 0 Å². The van der Waals surface area contributed by atoms with Crippen LogP contribution in [-0.2, 0) is 4.74 Å². The van der Waals surface area contributed by atoms with Gasteiger partial charge >= 0.3 is 0 Å². The molecule has 2 rings (SSSR count). The van der Waals surface area contributed by atoms with Gasteiger partial charge in [-0.25, -0.2) is 0 Å². The van der Waals surface area contributed by atoms with Gasteiger partial charge in [0.2, 0.25) is 0 Å². The van der Waals surface area contributed by atoms with Crippen molar-refractivity contribution in [3.63, 3.8) is 0 Å². The Hall–Kier alpha value is -1.75. The van der Waals surface area contributed by atoms with Gasteiger partial charge in [-0.15, -0.1) is 0 Å². The zero-order chi connectivity index (χ0) is 13.7. The molecule has 1 amide bonds. The Kier molecular flexibility index (Phi) is 4.63. The van der Waals surface area contributed by atoms with E-state index in [4.69, 9.17) is 15.2 Å². The molecule has 1 atom stereocenters. The first kappa shape index (κ1) is 13.7. The van der Waals surface area contributed by atoms with Crippen LogP contribution in [0.2, 0.25) is 0 Å². The fourth-order valence-electron chi connectivity index (χ4n) is 2.15. The number of carbonyl (C=O) groups is 1. The monoisotopic (exact) mass is 264 g/mol. The molecule has 0 bridgehead atoms. The first-order valence-corrected chi connectivity index (χ1v) is 6.53. The topological polar surface area (TPSA) is 73.6 Å². The normalized spacial score (nSPS) is 18.9. The Morgan fingerprint density at radius 3 is 3.00 bits per heavy atom. The Morgan fingerprint density at radius 2 is 2.32 bits per heavy atom. The molecule has 1 aliphatic rings. The fourth-order valence-corrected chi connectivity index (χ4v) is 2.15. The third kappa shape index (κ3) is 3.86. The number of anilines is 1. The van der Waals surface area contributed by atoms with Crippen LogP contribution in [0.1, 0.15) is 29.6 Å². The van der Waals surface area contributed by atoms with Crippen molar-refractivity contribution in [2.75, 3.05) is 26.0 Å². The molecule has 5 nitrogen and oxygen atoms in total. The van der Waals surface area contributed by atoms with Gasteiger partial charge < -0.3 is 20.5 Å². The highest BCUT2D eigenvalue weighted by atomic mass is 16.5. The number of amides is 1. The molecule has 0 aromatic heterocycles. The molecule has 1 saturated heterocycles. The molecule has 1 aliphatic heterocycles. The summed E-state index contributed by atoms with van der Waals surface area (Å²) in [5.74, 6) is 0.429. The molecule has 0 aliphatic carbocycles. The van der Waals surface area contributed by atoms with Crippen molar-refractivity contribution in [2.24, 2.45) is 0 Å². The first-order valence-electron chi connectivity index (χ1n) is 6.53. The molecule has 0 radical (unpaired) electrons. The number of ether oxygens (including phenoxy) is 2. The Morgan fingerprint density at radius 1 is 1.47 bits per heavy atom. The predicted molar refractivity (Wildman–Crippen MR) is 73.3 cm³/mol. The van der Waals surface area contributed by atoms with Gasteiger partial charge in [0, 0.05) is 30.5 Å². The zero-order valence-electron chi connectivity index (χ0n) is 11.1. The lowest BCUT2D eigenvalue weighted by atomic mass is 10.1. The lowest BCUT2D eigenvalue weighted by Crippen LogP contribution is -2.35. The summed E-state index contributed by atoms with van der Waals surface area (Å²) >= 11 is 0. The molecule has 5 heteroatoms. The van der Waals surface area contributed by atoms with Crippen molar-refractivity contribution in [3.8, 4) is 5.75 Å². The van der Waals surface area contributed by atoms with E-state index in [9.17, 15) is 4.79 Å². The van der Waals surface area contributed by atoms with Gasteiger partial charge in [-0.05, 0) is 31.4 Å². The minimum atomic E-state index is -0.153. The van der Waals surface area contributed by atoms with E-state index in [1.807, 2.05) is 0 Å². The SMILES string of the molecule is COc1cc(N)cc(C(=O)NCC2CCCCO2)c1. The van der Waals surface area contributed by atoms with Crippen molar-refractivity contribution in [1.29, 1.82) is 0 Å². The van der Waals surface area contributed by atoms with E-state index < -0.39 is 0 Å². The molecular weight excluding hydrogens is 244 g/mol. The van der Waals surface area contributed by atoms with Crippen molar-refractivity contribution in [2.45, 2.75) is 25.4 Å². The molecule has 1 aromatic carbocycles. The van der Waals surface area contributed by atoms with Gasteiger partial charge in [-0.1, -0.05) is 0 Å². The highest BCUT2D eigenvalue weighted by Crippen LogP contribution is 2.18. The van der Waals surface area contributed by atoms with Crippen LogP contribution in [0.3, 0.4) is 0 Å². The number of carbonyl (C=O) groups excluding carboxylic acids is 1. The summed E-state index contributed by atoms with van der Waals surface area (Å²) in [5, 5.41) is 2.87. The molecule has 0 saturated carbocycles. The second kappa shape index (κ2) is 6.43. The Balaban J connectivity index is 1.93. The summed E-state index contributed by atoms with van der Waals surface area (Å²) in [6.07, 6.45) is 3.39. The van der Waals surface area contributed by atoms with Crippen LogP contribution in [0.25, 0.3) is 0 Å². The summed E-state index contributed by atoms with van der Waals surface area (Å²) in [7, 11) is 1.55. The number of nitrogens with two attached hydrogens (primary N) is 1. The number of rotatable bonds is 4. The third-order valence-electron chi connectivity index (χ3n) is 3.19. The number of nitrogens with one attached hydrogen (secondary N) is 1. The standard InChI is InChI=1S/C14H20N2O3/c1-18-13-7-10(6-11(15)8-13)14(17)16-9-12-4-2-3-5-19-12/h6-8,12H,2-5,9,15H2,1H3,(H,16,17). The van der Waals surface area contributed by atoms with Gasteiger partial charge in [-0.3, -0.25) is 4.79 Å². The summed E-state index contributed by atoms with van der Waals surface area (Å²) in [6.45, 7) is 1.32. The lowest BCUT2D eigenvalue weighted by Gasteiger charge is -2.22. The van der Waals surface area contributed by atoms with E-state index in [2.05, 4.69) is 5.32 Å². The van der Waals surface area contributed by atoms with Gasteiger partial charge in [0.05, 0.1) is 13.2 Å². The maximum Gasteiger partial charge on any atom is 0.251 e. The van der Waals surface area contributed by atoms with Crippen molar-refractivity contribution >= 4 is 11.6 Å². The van der Waals surface area contributed by atoms with E-state index >= 15 is 0 Å². The van der Waals surface area contributed by atoms with Crippen LogP contribution < -0.4 is 15.8 Å². The quantitative estimate of drug-likeness (QED) is 0.810. The first-order chi connectivity index (χ1) is 9.19. The summed E-state index contributed by atoms with van der Waals surface area (Å²) in [4.78, 5) is 12.0. The predicted octanol–water partition coefficient (Wildman–Crippen LogP) is 1.58. The summed E-state index contributed by atoms with van der Waals surface area (Å²) in [5.41, 5.74) is 6.75. The van der Waals surface area contributed by atoms with Crippen molar-refractivity contribution in [1.82, 2.24) is 5.32 Å². The lowest BCUT2D eigenvalue weighted by molar-refractivity contribution is 0.0169. The molecular formula is C14H20N2O3. The van der Waals surface area contributed by atoms with Crippen LogP contribution in [0.15, 0.2) is 18.2 Å². The highest BCUT2D eigenvalue weighted by Gasteiger charge is 2.15. The average molecular weight is 264 g/mol. The maximum absolute atomic E-state index is 12.0. The highest BCUT2D eigenvalue weighted by molar-refractivity contribution is 5.95. The second-order valence-corrected chi connectivity index (χ2v) is 4.69. The van der Waals surface area contributed by atoms with Crippen molar-refractivity contribution < 1.29 is 14.3 Å². The van der Waals surface area contributed by atoms with Crippen LogP contribution in [-0.4, -0.2) is 32.3 Å². The number of hydrogen-bond acceptors (Lipinski definition) is 4. The Bertz CT molecular complexity index is 442. The van der Waals surface area contributed by atoms with Crippen LogP contribution in [0.5, 0.6) is 5.75 Å². The summed E-state index contributed by atoms with van der Waals surface area (Å²) in [6, 6.07) is 4.99. The van der Waals surface area contributed by atoms with E-state index in [0.29, 0.717) is 23.5 Å². The van der Waals surface area contributed by atoms with Gasteiger partial charge in [0.1, 0.15) is 5.75 Å². The number of benzene rings is 1. The van der Waals surface area contributed by atoms with E-state index in [-0.39, 0.29) is 12.0 Å². The number of hydrogen-bond donors (Lipinski definition) is 2. The summed E-state index contributed by atoms with van der Waals surface area (Å²) < 4.78 is 10.7. The number of methoxy groups -OCH3 is 1. The zero-order valence-corrected chi connectivity index (χ0v) is 11.1. The molecule has 0 spiro atoms. The molecule has 19 heavy (non-hydrogen) atoms. The van der Waals surface area contributed by atoms with Crippen LogP contribution in [0.4, 0.5) is 5.69 Å². The molecule has 104 valence electrons.